The molecular formula is C20H25N5O2. The van der Waals surface area contributed by atoms with Crippen LogP contribution in [0.2, 0.25) is 0 Å². The third-order valence-electron chi connectivity index (χ3n) is 4.85. The Balaban J connectivity index is 1.61. The maximum Gasteiger partial charge on any atom is 0.285 e. The molecule has 2 aromatic rings. The van der Waals surface area contributed by atoms with Crippen molar-refractivity contribution < 1.29 is 9.59 Å². The molecule has 1 aromatic carbocycles. The molecule has 27 heavy (non-hydrogen) atoms. The molecule has 3 N–H and O–H groups in total. The fourth-order valence-electron chi connectivity index (χ4n) is 3.38. The predicted octanol–water partition coefficient (Wildman–Crippen LogP) is 1.98. The third kappa shape index (κ3) is 5.59. The summed E-state index contributed by atoms with van der Waals surface area (Å²) in [6, 6.07) is 9.30. The van der Waals surface area contributed by atoms with Crippen molar-refractivity contribution in [3.8, 4) is 0 Å². The molecule has 0 aliphatic heterocycles. The number of nitrogens with one attached hydrogen (secondary N) is 3. The Hall–Kier alpha value is -2.80. The summed E-state index contributed by atoms with van der Waals surface area (Å²) in [4.78, 5) is 32.9. The first kappa shape index (κ1) is 19.0. The summed E-state index contributed by atoms with van der Waals surface area (Å²) in [5.41, 5.74) is 6.81. The lowest BCUT2D eigenvalue weighted by Gasteiger charge is -2.30. The van der Waals surface area contributed by atoms with Crippen LogP contribution < -0.4 is 16.2 Å². The van der Waals surface area contributed by atoms with Crippen LogP contribution in [-0.4, -0.2) is 27.8 Å². The highest BCUT2D eigenvalue weighted by atomic mass is 16.2. The van der Waals surface area contributed by atoms with Gasteiger partial charge in [0.05, 0.1) is 6.20 Å². The molecule has 1 aliphatic carbocycles. The van der Waals surface area contributed by atoms with Crippen LogP contribution in [0.5, 0.6) is 0 Å². The number of hydrogen-bond donors (Lipinski definition) is 3. The highest BCUT2D eigenvalue weighted by Crippen LogP contribution is 2.26. The Morgan fingerprint density at radius 3 is 2.56 bits per heavy atom. The molecule has 1 saturated carbocycles. The molecule has 0 radical (unpaired) electrons. The van der Waals surface area contributed by atoms with E-state index >= 15 is 0 Å². The molecule has 1 heterocycles. The minimum atomic E-state index is -0.477. The SMILES string of the molecule is O=C(NNC(C(=O)NCc1ccccc1)C1CCCCC1)c1cnccn1. The van der Waals surface area contributed by atoms with Crippen molar-refractivity contribution in [1.29, 1.82) is 0 Å². The number of carbonyl (C=O) groups excluding carboxylic acids is 2. The van der Waals surface area contributed by atoms with Gasteiger partial charge in [0.25, 0.3) is 5.91 Å². The first-order valence-corrected chi connectivity index (χ1v) is 9.37. The Morgan fingerprint density at radius 2 is 1.85 bits per heavy atom. The first-order valence-electron chi connectivity index (χ1n) is 9.37. The van der Waals surface area contributed by atoms with Crippen LogP contribution >= 0.6 is 0 Å². The smallest absolute Gasteiger partial charge is 0.285 e. The van der Waals surface area contributed by atoms with E-state index in [1.807, 2.05) is 30.3 Å². The minimum absolute atomic E-state index is 0.106. The monoisotopic (exact) mass is 367 g/mol. The molecule has 2 amide bonds. The zero-order chi connectivity index (χ0) is 18.9. The molecular weight excluding hydrogens is 342 g/mol. The fraction of sp³-hybridized carbons (Fsp3) is 0.400. The highest BCUT2D eigenvalue weighted by molar-refractivity contribution is 5.92. The zero-order valence-corrected chi connectivity index (χ0v) is 15.2. The van der Waals surface area contributed by atoms with Gasteiger partial charge in [0.15, 0.2) is 0 Å². The Kier molecular flexibility index (Phi) is 6.87. The van der Waals surface area contributed by atoms with Crippen molar-refractivity contribution in [3.63, 3.8) is 0 Å². The Bertz CT molecular complexity index is 733. The second-order valence-electron chi connectivity index (χ2n) is 6.77. The van der Waals surface area contributed by atoms with Gasteiger partial charge in [-0.15, -0.1) is 0 Å². The fourth-order valence-corrected chi connectivity index (χ4v) is 3.38. The molecule has 1 unspecified atom stereocenters. The van der Waals surface area contributed by atoms with Gasteiger partial charge in [0, 0.05) is 18.9 Å². The molecule has 0 saturated heterocycles. The number of hydrogen-bond acceptors (Lipinski definition) is 5. The standard InChI is InChI=1S/C20H25N5O2/c26-19(17-14-21-11-12-22-17)25-24-18(16-9-5-2-6-10-16)20(27)23-13-15-7-3-1-4-8-15/h1,3-4,7-8,11-12,14,16,18,24H,2,5-6,9-10,13H2,(H,23,27)(H,25,26). The number of aromatic nitrogens is 2. The van der Waals surface area contributed by atoms with Crippen LogP contribution in [0.4, 0.5) is 0 Å². The lowest BCUT2D eigenvalue weighted by Crippen LogP contribution is -2.55. The molecule has 1 fully saturated rings. The van der Waals surface area contributed by atoms with Gasteiger partial charge in [0.1, 0.15) is 11.7 Å². The third-order valence-corrected chi connectivity index (χ3v) is 4.85. The van der Waals surface area contributed by atoms with Crippen LogP contribution in [0, 0.1) is 5.92 Å². The molecule has 7 nitrogen and oxygen atoms in total. The van der Waals surface area contributed by atoms with E-state index in [9.17, 15) is 9.59 Å². The molecule has 1 atom stereocenters. The van der Waals surface area contributed by atoms with E-state index in [1.54, 1.807) is 0 Å². The average molecular weight is 367 g/mol. The predicted molar refractivity (Wildman–Crippen MR) is 101 cm³/mol. The summed E-state index contributed by atoms with van der Waals surface area (Å²) < 4.78 is 0. The molecule has 1 aromatic heterocycles. The summed E-state index contributed by atoms with van der Waals surface area (Å²) in [7, 11) is 0. The molecule has 0 spiro atoms. The summed E-state index contributed by atoms with van der Waals surface area (Å²) >= 11 is 0. The maximum atomic E-state index is 12.8. The van der Waals surface area contributed by atoms with Gasteiger partial charge in [-0.25, -0.2) is 10.4 Å². The maximum absolute atomic E-state index is 12.8. The van der Waals surface area contributed by atoms with Gasteiger partial charge in [0.2, 0.25) is 5.91 Å². The van der Waals surface area contributed by atoms with Crippen molar-refractivity contribution >= 4 is 11.8 Å². The van der Waals surface area contributed by atoms with Crippen molar-refractivity contribution in [3.05, 3.63) is 60.2 Å². The van der Waals surface area contributed by atoms with Gasteiger partial charge in [-0.1, -0.05) is 49.6 Å². The minimum Gasteiger partial charge on any atom is -0.351 e. The number of hydrazine groups is 1. The van der Waals surface area contributed by atoms with Crippen molar-refractivity contribution in [1.82, 2.24) is 26.1 Å². The summed E-state index contributed by atoms with van der Waals surface area (Å²) in [5, 5.41) is 2.98. The first-order chi connectivity index (χ1) is 13.2. The lowest BCUT2D eigenvalue weighted by molar-refractivity contribution is -0.125. The van der Waals surface area contributed by atoms with Gasteiger partial charge >= 0.3 is 0 Å². The van der Waals surface area contributed by atoms with Gasteiger partial charge in [-0.05, 0) is 24.3 Å². The van der Waals surface area contributed by atoms with E-state index < -0.39 is 11.9 Å². The highest BCUT2D eigenvalue weighted by Gasteiger charge is 2.30. The topological polar surface area (TPSA) is 96.0 Å². The zero-order valence-electron chi connectivity index (χ0n) is 15.2. The van der Waals surface area contributed by atoms with Crippen molar-refractivity contribution in [2.45, 2.75) is 44.7 Å². The number of amides is 2. The van der Waals surface area contributed by atoms with Crippen molar-refractivity contribution in [2.75, 3.05) is 0 Å². The van der Waals surface area contributed by atoms with Gasteiger partial charge in [-0.2, -0.15) is 0 Å². The number of carbonyl (C=O) groups is 2. The van der Waals surface area contributed by atoms with Crippen LogP contribution in [-0.2, 0) is 11.3 Å². The lowest BCUT2D eigenvalue weighted by atomic mass is 9.83. The normalized spacial score (nSPS) is 15.7. The van der Waals surface area contributed by atoms with Gasteiger partial charge < -0.3 is 5.32 Å². The average Bonchev–Trinajstić information content (AvgIpc) is 2.74. The van der Waals surface area contributed by atoms with E-state index in [2.05, 4.69) is 26.1 Å². The molecule has 1 aliphatic rings. The number of benzene rings is 1. The van der Waals surface area contributed by atoms with Gasteiger partial charge in [-0.3, -0.25) is 20.0 Å². The van der Waals surface area contributed by atoms with Crippen LogP contribution in [0.15, 0.2) is 48.9 Å². The van der Waals surface area contributed by atoms with E-state index in [1.165, 1.54) is 25.0 Å². The van der Waals surface area contributed by atoms with E-state index in [4.69, 9.17) is 0 Å². The van der Waals surface area contributed by atoms with E-state index in [0.717, 1.165) is 31.2 Å². The molecule has 0 bridgehead atoms. The molecule has 3 rings (SSSR count). The molecule has 7 heteroatoms. The summed E-state index contributed by atoms with van der Waals surface area (Å²) in [6.45, 7) is 0.461. The summed E-state index contributed by atoms with van der Waals surface area (Å²) in [6.07, 6.45) is 9.70. The largest absolute Gasteiger partial charge is 0.351 e. The molecule has 142 valence electrons. The Labute approximate surface area is 159 Å². The van der Waals surface area contributed by atoms with E-state index in [0.29, 0.717) is 6.54 Å². The number of nitrogens with zero attached hydrogens (tertiary/aromatic N) is 2. The number of rotatable bonds is 7. The van der Waals surface area contributed by atoms with E-state index in [-0.39, 0.29) is 17.5 Å². The summed E-state index contributed by atoms with van der Waals surface area (Å²) in [5.74, 6) is -0.318. The van der Waals surface area contributed by atoms with Crippen molar-refractivity contribution in [2.24, 2.45) is 5.92 Å². The Morgan fingerprint density at radius 1 is 1.07 bits per heavy atom. The second-order valence-corrected chi connectivity index (χ2v) is 6.77. The quantitative estimate of drug-likeness (QED) is 0.650. The van der Waals surface area contributed by atoms with Crippen LogP contribution in [0.3, 0.4) is 0 Å². The van der Waals surface area contributed by atoms with Crippen LogP contribution in [0.1, 0.15) is 48.2 Å². The van der Waals surface area contributed by atoms with Crippen LogP contribution in [0.25, 0.3) is 0 Å². The second kappa shape index (κ2) is 9.78.